The van der Waals surface area contributed by atoms with E-state index in [0.717, 1.165) is 39.5 Å². The number of hydrogen-bond acceptors (Lipinski definition) is 2. The quantitative estimate of drug-likeness (QED) is 0.168. The van der Waals surface area contributed by atoms with E-state index in [1.54, 1.807) is 0 Å². The molecule has 0 bridgehead atoms. The van der Waals surface area contributed by atoms with Gasteiger partial charge in [-0.1, -0.05) is 164 Å². The molecule has 2 nitrogen and oxygen atoms in total. The summed E-state index contributed by atoms with van der Waals surface area (Å²) in [5.74, 6) is 3.50. The van der Waals surface area contributed by atoms with Gasteiger partial charge in [0, 0.05) is 5.46 Å². The summed E-state index contributed by atoms with van der Waals surface area (Å²) in [5.41, 5.74) is 20.7. The van der Waals surface area contributed by atoms with Crippen LogP contribution in [0.2, 0.25) is 0 Å². The SMILES string of the molecule is c1ccc(-c2ccc3c(c2)C2(c4ccccc4-c4ccccc42)c2cc(-c4ccccc4-c4ccc5c(c4)Oc4cccc6c4B5c4ccccc4O6)ccc2-3)cc1. The fraction of sp³-hybridized carbons (Fsp3) is 0.0182. The Bertz CT molecular complexity index is 3150. The van der Waals surface area contributed by atoms with E-state index in [4.69, 9.17) is 9.47 Å². The first-order valence-corrected chi connectivity index (χ1v) is 20.1. The highest BCUT2D eigenvalue weighted by atomic mass is 16.5. The number of hydrogen-bond donors (Lipinski definition) is 0. The van der Waals surface area contributed by atoms with E-state index < -0.39 is 5.41 Å². The van der Waals surface area contributed by atoms with Crippen LogP contribution in [-0.2, 0) is 5.41 Å². The normalized spacial score (nSPS) is 13.9. The molecule has 1 spiro atoms. The van der Waals surface area contributed by atoms with Crippen LogP contribution in [-0.4, -0.2) is 6.71 Å². The first-order valence-electron chi connectivity index (χ1n) is 20.1. The Morgan fingerprint density at radius 3 is 1.48 bits per heavy atom. The third-order valence-corrected chi connectivity index (χ3v) is 13.1. The topological polar surface area (TPSA) is 18.5 Å². The monoisotopic (exact) mass is 736 g/mol. The van der Waals surface area contributed by atoms with Crippen LogP contribution in [0.4, 0.5) is 0 Å². The fourth-order valence-electron chi connectivity index (χ4n) is 10.6. The summed E-state index contributed by atoms with van der Waals surface area (Å²) in [4.78, 5) is 0. The molecule has 0 aromatic heterocycles. The van der Waals surface area contributed by atoms with Crippen LogP contribution in [0.25, 0.3) is 55.6 Å². The Balaban J connectivity index is 0.994. The van der Waals surface area contributed by atoms with Gasteiger partial charge in [0.25, 0.3) is 6.71 Å². The molecular weight excluding hydrogens is 703 g/mol. The third-order valence-electron chi connectivity index (χ3n) is 13.1. The summed E-state index contributed by atoms with van der Waals surface area (Å²) in [7, 11) is 0. The Labute approximate surface area is 337 Å². The molecule has 0 radical (unpaired) electrons. The molecule has 3 heteroatoms. The molecule has 2 heterocycles. The molecule has 2 aliphatic heterocycles. The molecule has 0 fully saturated rings. The fourth-order valence-corrected chi connectivity index (χ4v) is 10.6. The van der Waals surface area contributed by atoms with Crippen molar-refractivity contribution in [2.24, 2.45) is 0 Å². The second kappa shape index (κ2) is 11.8. The summed E-state index contributed by atoms with van der Waals surface area (Å²) in [6.07, 6.45) is 0. The zero-order valence-corrected chi connectivity index (χ0v) is 31.4. The lowest BCUT2D eigenvalue weighted by molar-refractivity contribution is 0.464. The van der Waals surface area contributed by atoms with Gasteiger partial charge in [-0.3, -0.25) is 0 Å². The average molecular weight is 737 g/mol. The number of benzene rings is 9. The lowest BCUT2D eigenvalue weighted by atomic mass is 9.35. The van der Waals surface area contributed by atoms with Crippen LogP contribution >= 0.6 is 0 Å². The highest BCUT2D eigenvalue weighted by molar-refractivity contribution is 6.98. The van der Waals surface area contributed by atoms with Crippen molar-refractivity contribution < 1.29 is 9.47 Å². The molecule has 0 N–H and O–H groups in total. The van der Waals surface area contributed by atoms with Crippen molar-refractivity contribution in [2.45, 2.75) is 5.41 Å². The second-order valence-corrected chi connectivity index (χ2v) is 15.9. The lowest BCUT2D eigenvalue weighted by Crippen LogP contribution is -2.57. The average Bonchev–Trinajstić information content (AvgIpc) is 3.75. The molecule has 58 heavy (non-hydrogen) atoms. The van der Waals surface area contributed by atoms with Gasteiger partial charge in [-0.25, -0.2) is 0 Å². The minimum atomic E-state index is -0.459. The summed E-state index contributed by atoms with van der Waals surface area (Å²) >= 11 is 0. The molecule has 268 valence electrons. The van der Waals surface area contributed by atoms with E-state index in [0.29, 0.717) is 0 Å². The Kier molecular flexibility index (Phi) is 6.49. The standard InChI is InChI=1S/C55H33BO2/c1-2-13-34(14-3-1)35-25-28-42-43-29-26-36(32-47(43)55(46(42)31-35)44-19-8-6-17-40(44)41-18-7-9-20-45(41)55)38-15-4-5-16-39(38)37-27-30-49-53(33-37)58-52-24-12-23-51-54(52)56(49)48-21-10-11-22-50(48)57-51/h1-33H. The number of rotatable bonds is 3. The van der Waals surface area contributed by atoms with Gasteiger partial charge < -0.3 is 9.47 Å². The molecule has 0 amide bonds. The van der Waals surface area contributed by atoms with Gasteiger partial charge in [-0.2, -0.15) is 0 Å². The number of para-hydroxylation sites is 1. The minimum Gasteiger partial charge on any atom is -0.458 e. The Morgan fingerprint density at radius 1 is 0.293 bits per heavy atom. The third kappa shape index (κ3) is 4.23. The highest BCUT2D eigenvalue weighted by Gasteiger charge is 2.52. The van der Waals surface area contributed by atoms with Crippen molar-refractivity contribution in [2.75, 3.05) is 0 Å². The van der Waals surface area contributed by atoms with Crippen molar-refractivity contribution in [3.05, 3.63) is 222 Å². The lowest BCUT2D eigenvalue weighted by Gasteiger charge is -2.33. The molecule has 2 aliphatic carbocycles. The summed E-state index contributed by atoms with van der Waals surface area (Å²) in [6.45, 7) is 0.0401. The van der Waals surface area contributed by atoms with Crippen LogP contribution in [0.3, 0.4) is 0 Å². The van der Waals surface area contributed by atoms with E-state index in [1.165, 1.54) is 77.8 Å². The summed E-state index contributed by atoms with van der Waals surface area (Å²) in [5, 5.41) is 0. The first-order chi connectivity index (χ1) is 28.8. The largest absolute Gasteiger partial charge is 0.458 e. The molecular formula is C55H33BO2. The van der Waals surface area contributed by atoms with Crippen molar-refractivity contribution in [1.29, 1.82) is 0 Å². The predicted octanol–water partition coefficient (Wildman–Crippen LogP) is 11.8. The molecule has 0 unspecified atom stereocenters. The predicted molar refractivity (Wildman–Crippen MR) is 237 cm³/mol. The maximum absolute atomic E-state index is 6.73. The molecule has 0 saturated carbocycles. The number of fused-ring (bicyclic) bond motifs is 14. The van der Waals surface area contributed by atoms with Crippen molar-refractivity contribution in [3.8, 4) is 78.6 Å². The Hall–Kier alpha value is -7.36. The Morgan fingerprint density at radius 2 is 0.776 bits per heavy atom. The minimum absolute atomic E-state index is 0.0401. The maximum Gasteiger partial charge on any atom is 0.260 e. The van der Waals surface area contributed by atoms with Gasteiger partial charge in [0.1, 0.15) is 23.0 Å². The van der Waals surface area contributed by atoms with E-state index >= 15 is 0 Å². The first kappa shape index (κ1) is 31.8. The summed E-state index contributed by atoms with van der Waals surface area (Å²) < 4.78 is 13.1. The van der Waals surface area contributed by atoms with E-state index in [9.17, 15) is 0 Å². The zero-order valence-electron chi connectivity index (χ0n) is 31.4. The van der Waals surface area contributed by atoms with Crippen molar-refractivity contribution in [1.82, 2.24) is 0 Å². The second-order valence-electron chi connectivity index (χ2n) is 15.9. The molecule has 4 aliphatic rings. The summed E-state index contributed by atoms with van der Waals surface area (Å²) in [6, 6.07) is 73.3. The highest BCUT2D eigenvalue weighted by Crippen LogP contribution is 2.63. The van der Waals surface area contributed by atoms with Crippen LogP contribution in [0.1, 0.15) is 22.3 Å². The van der Waals surface area contributed by atoms with E-state index in [2.05, 4.69) is 182 Å². The molecule has 0 atom stereocenters. The van der Waals surface area contributed by atoms with Crippen LogP contribution < -0.4 is 25.9 Å². The van der Waals surface area contributed by atoms with E-state index in [-0.39, 0.29) is 6.71 Å². The maximum atomic E-state index is 6.73. The number of ether oxygens (including phenoxy) is 2. The van der Waals surface area contributed by atoms with Gasteiger partial charge in [-0.15, -0.1) is 0 Å². The van der Waals surface area contributed by atoms with Crippen LogP contribution in [0.15, 0.2) is 200 Å². The zero-order chi connectivity index (χ0) is 38.0. The van der Waals surface area contributed by atoms with Crippen molar-refractivity contribution in [3.63, 3.8) is 0 Å². The molecule has 9 aromatic carbocycles. The van der Waals surface area contributed by atoms with Crippen LogP contribution in [0.5, 0.6) is 23.0 Å². The molecule has 0 saturated heterocycles. The molecule has 13 rings (SSSR count). The van der Waals surface area contributed by atoms with E-state index in [1.807, 2.05) is 18.2 Å². The smallest absolute Gasteiger partial charge is 0.260 e. The van der Waals surface area contributed by atoms with Gasteiger partial charge in [0.15, 0.2) is 0 Å². The van der Waals surface area contributed by atoms with Gasteiger partial charge >= 0.3 is 0 Å². The van der Waals surface area contributed by atoms with Gasteiger partial charge in [-0.05, 0) is 125 Å². The molecule has 9 aromatic rings. The van der Waals surface area contributed by atoms with Crippen LogP contribution in [0, 0.1) is 0 Å². The van der Waals surface area contributed by atoms with Gasteiger partial charge in [0.2, 0.25) is 0 Å². The van der Waals surface area contributed by atoms with Gasteiger partial charge in [0.05, 0.1) is 5.41 Å². The van der Waals surface area contributed by atoms with Crippen molar-refractivity contribution >= 4 is 23.1 Å².